The minimum absolute atomic E-state index is 0.177. The highest BCUT2D eigenvalue weighted by Crippen LogP contribution is 2.33. The van der Waals surface area contributed by atoms with E-state index in [1.165, 1.54) is 17.3 Å². The van der Waals surface area contributed by atoms with E-state index < -0.39 is 0 Å². The third-order valence-corrected chi connectivity index (χ3v) is 4.11. The van der Waals surface area contributed by atoms with E-state index in [0.717, 1.165) is 25.1 Å². The molecule has 0 aromatic heterocycles. The standard InChI is InChI=1S/C18H21FN2/c1-3-21(18-7-5-4-6-16(18)19)15-10-11-17-14(12-15)9-8-13(2)20-17/h4-7,10-13,20H,3,8-9H2,1-2H3. The molecule has 0 saturated carbocycles. The van der Waals surface area contributed by atoms with Gasteiger partial charge in [-0.15, -0.1) is 0 Å². The van der Waals surface area contributed by atoms with Crippen LogP contribution in [-0.4, -0.2) is 12.6 Å². The average molecular weight is 284 g/mol. The van der Waals surface area contributed by atoms with Crippen molar-refractivity contribution in [2.45, 2.75) is 32.7 Å². The van der Waals surface area contributed by atoms with Crippen LogP contribution >= 0.6 is 0 Å². The molecule has 0 fully saturated rings. The molecular formula is C18H21FN2. The topological polar surface area (TPSA) is 15.3 Å². The number of rotatable bonds is 3. The van der Waals surface area contributed by atoms with Crippen LogP contribution in [0.3, 0.4) is 0 Å². The second-order valence-electron chi connectivity index (χ2n) is 5.62. The fourth-order valence-electron chi connectivity index (χ4n) is 2.97. The first-order valence-corrected chi connectivity index (χ1v) is 7.60. The van der Waals surface area contributed by atoms with E-state index in [0.29, 0.717) is 11.7 Å². The summed E-state index contributed by atoms with van der Waals surface area (Å²) < 4.78 is 14.0. The maximum atomic E-state index is 14.0. The summed E-state index contributed by atoms with van der Waals surface area (Å²) in [6.07, 6.45) is 2.22. The first kappa shape index (κ1) is 13.9. The molecule has 21 heavy (non-hydrogen) atoms. The number of fused-ring (bicyclic) bond motifs is 1. The Kier molecular flexibility index (Phi) is 3.82. The zero-order valence-corrected chi connectivity index (χ0v) is 12.6. The molecule has 1 unspecified atom stereocenters. The number of halogens is 1. The number of aryl methyl sites for hydroxylation is 1. The molecule has 1 atom stereocenters. The van der Waals surface area contributed by atoms with Gasteiger partial charge in [-0.1, -0.05) is 12.1 Å². The number of hydrogen-bond acceptors (Lipinski definition) is 2. The second kappa shape index (κ2) is 5.76. The van der Waals surface area contributed by atoms with Gasteiger partial charge in [0, 0.05) is 24.0 Å². The van der Waals surface area contributed by atoms with E-state index in [2.05, 4.69) is 30.4 Å². The molecule has 0 spiro atoms. The molecular weight excluding hydrogens is 263 g/mol. The molecule has 1 aliphatic heterocycles. The van der Waals surface area contributed by atoms with E-state index in [-0.39, 0.29) is 5.82 Å². The van der Waals surface area contributed by atoms with Gasteiger partial charge in [-0.05, 0) is 62.6 Å². The third-order valence-electron chi connectivity index (χ3n) is 4.11. The van der Waals surface area contributed by atoms with Gasteiger partial charge >= 0.3 is 0 Å². The molecule has 0 aliphatic carbocycles. The number of anilines is 3. The van der Waals surface area contributed by atoms with Crippen LogP contribution in [0.15, 0.2) is 42.5 Å². The second-order valence-corrected chi connectivity index (χ2v) is 5.62. The number of nitrogens with one attached hydrogen (secondary N) is 1. The summed E-state index contributed by atoms with van der Waals surface area (Å²) in [6, 6.07) is 13.8. The van der Waals surface area contributed by atoms with Gasteiger partial charge in [0.1, 0.15) is 5.82 Å². The zero-order valence-electron chi connectivity index (χ0n) is 12.6. The Morgan fingerprint density at radius 2 is 2.05 bits per heavy atom. The monoisotopic (exact) mass is 284 g/mol. The largest absolute Gasteiger partial charge is 0.382 e. The van der Waals surface area contributed by atoms with Gasteiger partial charge in [0.25, 0.3) is 0 Å². The zero-order chi connectivity index (χ0) is 14.8. The van der Waals surface area contributed by atoms with E-state index in [1.54, 1.807) is 6.07 Å². The van der Waals surface area contributed by atoms with E-state index in [9.17, 15) is 4.39 Å². The number of benzene rings is 2. The molecule has 110 valence electrons. The van der Waals surface area contributed by atoms with Crippen LogP contribution in [-0.2, 0) is 6.42 Å². The van der Waals surface area contributed by atoms with Crippen molar-refractivity contribution < 1.29 is 4.39 Å². The van der Waals surface area contributed by atoms with Gasteiger partial charge in [0.15, 0.2) is 0 Å². The minimum Gasteiger partial charge on any atom is -0.382 e. The first-order valence-electron chi connectivity index (χ1n) is 7.60. The Hall–Kier alpha value is -2.03. The quantitative estimate of drug-likeness (QED) is 0.876. The predicted molar refractivity (Wildman–Crippen MR) is 86.9 cm³/mol. The van der Waals surface area contributed by atoms with E-state index >= 15 is 0 Å². The summed E-state index contributed by atoms with van der Waals surface area (Å²) in [7, 11) is 0. The predicted octanol–water partition coefficient (Wildman–Crippen LogP) is 4.73. The van der Waals surface area contributed by atoms with Crippen LogP contribution < -0.4 is 10.2 Å². The Bertz CT molecular complexity index is 639. The van der Waals surface area contributed by atoms with Crippen molar-refractivity contribution in [2.24, 2.45) is 0 Å². The van der Waals surface area contributed by atoms with Crippen LogP contribution in [0.2, 0.25) is 0 Å². The molecule has 1 N–H and O–H groups in total. The summed E-state index contributed by atoms with van der Waals surface area (Å²) in [5, 5.41) is 3.50. The molecule has 2 aromatic carbocycles. The number of nitrogens with zero attached hydrogens (tertiary/aromatic N) is 1. The highest BCUT2D eigenvalue weighted by Gasteiger charge is 2.17. The third kappa shape index (κ3) is 2.73. The summed E-state index contributed by atoms with van der Waals surface area (Å²) >= 11 is 0. The normalized spacial score (nSPS) is 17.0. The highest BCUT2D eigenvalue weighted by molar-refractivity contribution is 5.68. The van der Waals surface area contributed by atoms with Crippen molar-refractivity contribution in [1.82, 2.24) is 0 Å². The lowest BCUT2D eigenvalue weighted by molar-refractivity contribution is 0.625. The minimum atomic E-state index is -0.177. The van der Waals surface area contributed by atoms with Crippen LogP contribution in [0.4, 0.5) is 21.5 Å². The fourth-order valence-corrected chi connectivity index (χ4v) is 2.97. The van der Waals surface area contributed by atoms with Crippen LogP contribution in [0, 0.1) is 5.82 Å². The molecule has 2 nitrogen and oxygen atoms in total. The van der Waals surface area contributed by atoms with Gasteiger partial charge in [0.05, 0.1) is 5.69 Å². The fraction of sp³-hybridized carbons (Fsp3) is 0.333. The Labute approximate surface area is 125 Å². The Balaban J connectivity index is 1.97. The van der Waals surface area contributed by atoms with E-state index in [4.69, 9.17) is 0 Å². The molecule has 3 heteroatoms. The van der Waals surface area contributed by atoms with Gasteiger partial charge in [-0.2, -0.15) is 0 Å². The van der Waals surface area contributed by atoms with Crippen molar-refractivity contribution in [3.8, 4) is 0 Å². The smallest absolute Gasteiger partial charge is 0.146 e. The molecule has 2 aromatic rings. The van der Waals surface area contributed by atoms with Crippen LogP contribution in [0.5, 0.6) is 0 Å². The number of hydrogen-bond donors (Lipinski definition) is 1. The lowest BCUT2D eigenvalue weighted by Crippen LogP contribution is -2.23. The van der Waals surface area contributed by atoms with E-state index in [1.807, 2.05) is 24.0 Å². The molecule has 0 amide bonds. The van der Waals surface area contributed by atoms with Gasteiger partial charge in [-0.3, -0.25) is 0 Å². The van der Waals surface area contributed by atoms with Crippen molar-refractivity contribution in [2.75, 3.05) is 16.8 Å². The summed E-state index contributed by atoms with van der Waals surface area (Å²) in [6.45, 7) is 4.99. The molecule has 1 aliphatic rings. The van der Waals surface area contributed by atoms with Gasteiger partial charge in [-0.25, -0.2) is 4.39 Å². The molecule has 1 heterocycles. The first-order chi connectivity index (χ1) is 10.2. The Morgan fingerprint density at radius 1 is 1.24 bits per heavy atom. The Morgan fingerprint density at radius 3 is 2.81 bits per heavy atom. The number of para-hydroxylation sites is 1. The molecule has 3 rings (SSSR count). The van der Waals surface area contributed by atoms with Crippen molar-refractivity contribution in [1.29, 1.82) is 0 Å². The van der Waals surface area contributed by atoms with Crippen molar-refractivity contribution in [3.63, 3.8) is 0 Å². The molecule has 0 bridgehead atoms. The molecule has 0 radical (unpaired) electrons. The van der Waals surface area contributed by atoms with Crippen LogP contribution in [0.1, 0.15) is 25.8 Å². The maximum absolute atomic E-state index is 14.0. The highest BCUT2D eigenvalue weighted by atomic mass is 19.1. The summed E-state index contributed by atoms with van der Waals surface area (Å²) in [5.41, 5.74) is 4.22. The molecule has 0 saturated heterocycles. The van der Waals surface area contributed by atoms with Crippen LogP contribution in [0.25, 0.3) is 0 Å². The summed E-state index contributed by atoms with van der Waals surface area (Å²) in [5.74, 6) is -0.177. The average Bonchev–Trinajstić information content (AvgIpc) is 2.50. The SMILES string of the molecule is CCN(c1ccc2c(c1)CCC(C)N2)c1ccccc1F. The van der Waals surface area contributed by atoms with Crippen molar-refractivity contribution in [3.05, 3.63) is 53.8 Å². The van der Waals surface area contributed by atoms with Crippen molar-refractivity contribution >= 4 is 17.1 Å². The lowest BCUT2D eigenvalue weighted by atomic mass is 9.98. The summed E-state index contributed by atoms with van der Waals surface area (Å²) in [4.78, 5) is 2.02. The maximum Gasteiger partial charge on any atom is 0.146 e. The lowest BCUT2D eigenvalue weighted by Gasteiger charge is -2.28. The van der Waals surface area contributed by atoms with Gasteiger partial charge < -0.3 is 10.2 Å². The van der Waals surface area contributed by atoms with Gasteiger partial charge in [0.2, 0.25) is 0 Å².